The Labute approximate surface area is 106 Å². The second-order valence-electron chi connectivity index (χ2n) is 4.76. The summed E-state index contributed by atoms with van der Waals surface area (Å²) in [6, 6.07) is 8.40. The van der Waals surface area contributed by atoms with E-state index in [9.17, 15) is 0 Å². The van der Waals surface area contributed by atoms with Gasteiger partial charge in [-0.25, -0.2) is 0 Å². The SMILES string of the molecule is COc1ccc(CC(Br)C(C)C2CC2)cc1. The minimum absolute atomic E-state index is 0.605. The van der Waals surface area contributed by atoms with E-state index in [2.05, 4.69) is 35.0 Å². The van der Waals surface area contributed by atoms with Crippen LogP contribution < -0.4 is 4.74 Å². The minimum atomic E-state index is 0.605. The van der Waals surface area contributed by atoms with Crippen molar-refractivity contribution in [1.29, 1.82) is 0 Å². The van der Waals surface area contributed by atoms with Gasteiger partial charge in [-0.3, -0.25) is 0 Å². The van der Waals surface area contributed by atoms with Gasteiger partial charge in [-0.2, -0.15) is 0 Å². The fraction of sp³-hybridized carbons (Fsp3) is 0.571. The molecule has 1 saturated carbocycles. The van der Waals surface area contributed by atoms with Gasteiger partial charge in [0.15, 0.2) is 0 Å². The Bertz CT molecular complexity index is 329. The third kappa shape index (κ3) is 3.00. The molecule has 1 aromatic carbocycles. The number of ether oxygens (including phenoxy) is 1. The maximum Gasteiger partial charge on any atom is 0.118 e. The van der Waals surface area contributed by atoms with Gasteiger partial charge < -0.3 is 4.74 Å². The van der Waals surface area contributed by atoms with Gasteiger partial charge in [-0.1, -0.05) is 35.0 Å². The van der Waals surface area contributed by atoms with Crippen LogP contribution >= 0.6 is 15.9 Å². The Morgan fingerprint density at radius 1 is 1.31 bits per heavy atom. The van der Waals surface area contributed by atoms with E-state index in [1.54, 1.807) is 7.11 Å². The zero-order valence-corrected chi connectivity index (χ0v) is 11.5. The monoisotopic (exact) mass is 282 g/mol. The van der Waals surface area contributed by atoms with Crippen LogP contribution in [0.2, 0.25) is 0 Å². The maximum atomic E-state index is 5.16. The van der Waals surface area contributed by atoms with Gasteiger partial charge in [-0.05, 0) is 48.8 Å². The van der Waals surface area contributed by atoms with Crippen LogP contribution in [0.15, 0.2) is 24.3 Å². The molecule has 16 heavy (non-hydrogen) atoms. The Balaban J connectivity index is 1.91. The van der Waals surface area contributed by atoms with E-state index >= 15 is 0 Å². The van der Waals surface area contributed by atoms with Crippen molar-refractivity contribution >= 4 is 15.9 Å². The number of halogens is 1. The minimum Gasteiger partial charge on any atom is -0.497 e. The van der Waals surface area contributed by atoms with Crippen molar-refractivity contribution < 1.29 is 4.74 Å². The van der Waals surface area contributed by atoms with Crippen molar-refractivity contribution in [3.05, 3.63) is 29.8 Å². The molecule has 0 heterocycles. The molecule has 2 heteroatoms. The number of methoxy groups -OCH3 is 1. The molecule has 1 aromatic rings. The quantitative estimate of drug-likeness (QED) is 0.741. The molecule has 0 amide bonds. The molecule has 1 aliphatic carbocycles. The summed E-state index contributed by atoms with van der Waals surface area (Å²) in [7, 11) is 1.71. The summed E-state index contributed by atoms with van der Waals surface area (Å²) in [5, 5.41) is 0. The second kappa shape index (κ2) is 5.22. The summed E-state index contributed by atoms with van der Waals surface area (Å²) < 4.78 is 5.16. The molecule has 1 fully saturated rings. The van der Waals surface area contributed by atoms with Crippen LogP contribution in [-0.2, 0) is 6.42 Å². The maximum absolute atomic E-state index is 5.16. The molecule has 0 aromatic heterocycles. The fourth-order valence-electron chi connectivity index (χ4n) is 2.09. The Morgan fingerprint density at radius 2 is 1.94 bits per heavy atom. The molecule has 0 saturated heterocycles. The largest absolute Gasteiger partial charge is 0.497 e. The average molecular weight is 283 g/mol. The summed E-state index contributed by atoms with van der Waals surface area (Å²) in [5.74, 6) is 2.69. The standard InChI is InChI=1S/C14H19BrO/c1-10(12-5-6-12)14(15)9-11-3-7-13(16-2)8-4-11/h3-4,7-8,10,12,14H,5-6,9H2,1-2H3. The van der Waals surface area contributed by atoms with Gasteiger partial charge in [0.25, 0.3) is 0 Å². The van der Waals surface area contributed by atoms with Gasteiger partial charge in [-0.15, -0.1) is 0 Å². The molecule has 1 aliphatic rings. The first-order chi connectivity index (χ1) is 7.70. The van der Waals surface area contributed by atoms with Crippen LogP contribution in [0.5, 0.6) is 5.75 Å². The molecule has 2 rings (SSSR count). The van der Waals surface area contributed by atoms with E-state index < -0.39 is 0 Å². The number of hydrogen-bond donors (Lipinski definition) is 0. The first-order valence-electron chi connectivity index (χ1n) is 5.97. The summed E-state index contributed by atoms with van der Waals surface area (Å²) >= 11 is 3.82. The lowest BCUT2D eigenvalue weighted by atomic mass is 9.97. The molecule has 0 spiro atoms. The molecular formula is C14H19BrO. The first kappa shape index (κ1) is 12.0. The van der Waals surface area contributed by atoms with Crippen LogP contribution in [0.3, 0.4) is 0 Å². The first-order valence-corrected chi connectivity index (χ1v) is 6.89. The molecule has 0 N–H and O–H groups in total. The Morgan fingerprint density at radius 3 is 2.44 bits per heavy atom. The zero-order valence-electron chi connectivity index (χ0n) is 9.95. The van der Waals surface area contributed by atoms with Crippen LogP contribution in [-0.4, -0.2) is 11.9 Å². The number of benzene rings is 1. The summed E-state index contributed by atoms with van der Waals surface area (Å²) in [4.78, 5) is 0.605. The third-order valence-corrected chi connectivity index (χ3v) is 4.68. The summed E-state index contributed by atoms with van der Waals surface area (Å²) in [6.45, 7) is 2.36. The predicted octanol–water partition coefficient (Wildman–Crippen LogP) is 4.05. The van der Waals surface area contributed by atoms with Crippen LogP contribution in [0.1, 0.15) is 25.3 Å². The van der Waals surface area contributed by atoms with Crippen molar-refractivity contribution in [2.45, 2.75) is 31.0 Å². The molecule has 88 valence electrons. The molecule has 0 aliphatic heterocycles. The Hall–Kier alpha value is -0.500. The lowest BCUT2D eigenvalue weighted by Gasteiger charge is -2.17. The van der Waals surface area contributed by atoms with Gasteiger partial charge in [0.1, 0.15) is 5.75 Å². The smallest absolute Gasteiger partial charge is 0.118 e. The zero-order chi connectivity index (χ0) is 11.5. The summed E-state index contributed by atoms with van der Waals surface area (Å²) in [5.41, 5.74) is 1.38. The highest BCUT2D eigenvalue weighted by Crippen LogP contribution is 2.40. The topological polar surface area (TPSA) is 9.23 Å². The fourth-order valence-corrected chi connectivity index (χ4v) is 2.90. The molecule has 0 radical (unpaired) electrons. The predicted molar refractivity (Wildman–Crippen MR) is 71.3 cm³/mol. The normalized spacial score (nSPS) is 19.2. The van der Waals surface area contributed by atoms with Crippen LogP contribution in [0.25, 0.3) is 0 Å². The summed E-state index contributed by atoms with van der Waals surface area (Å²) in [6.07, 6.45) is 3.96. The van der Waals surface area contributed by atoms with E-state index in [0.29, 0.717) is 4.83 Å². The lowest BCUT2D eigenvalue weighted by molar-refractivity contribution is 0.414. The van der Waals surface area contributed by atoms with E-state index in [-0.39, 0.29) is 0 Å². The third-order valence-electron chi connectivity index (χ3n) is 3.53. The number of hydrogen-bond acceptors (Lipinski definition) is 1. The van der Waals surface area contributed by atoms with E-state index in [1.165, 1.54) is 18.4 Å². The van der Waals surface area contributed by atoms with Crippen LogP contribution in [0, 0.1) is 11.8 Å². The van der Waals surface area contributed by atoms with Gasteiger partial charge >= 0.3 is 0 Å². The highest BCUT2D eigenvalue weighted by atomic mass is 79.9. The highest BCUT2D eigenvalue weighted by molar-refractivity contribution is 9.09. The second-order valence-corrected chi connectivity index (χ2v) is 5.94. The molecule has 1 nitrogen and oxygen atoms in total. The van der Waals surface area contributed by atoms with E-state index in [0.717, 1.165) is 24.0 Å². The average Bonchev–Trinajstić information content (AvgIpc) is 3.13. The highest BCUT2D eigenvalue weighted by Gasteiger charge is 2.31. The lowest BCUT2D eigenvalue weighted by Crippen LogP contribution is -2.15. The molecule has 2 unspecified atom stereocenters. The number of rotatable bonds is 5. The Kier molecular flexibility index (Phi) is 3.91. The van der Waals surface area contributed by atoms with Gasteiger partial charge in [0.05, 0.1) is 7.11 Å². The van der Waals surface area contributed by atoms with Crippen molar-refractivity contribution in [2.75, 3.05) is 7.11 Å². The van der Waals surface area contributed by atoms with Gasteiger partial charge in [0.2, 0.25) is 0 Å². The van der Waals surface area contributed by atoms with Crippen molar-refractivity contribution in [1.82, 2.24) is 0 Å². The molecule has 0 bridgehead atoms. The van der Waals surface area contributed by atoms with Gasteiger partial charge in [0, 0.05) is 4.83 Å². The van der Waals surface area contributed by atoms with Crippen molar-refractivity contribution in [3.63, 3.8) is 0 Å². The van der Waals surface area contributed by atoms with E-state index in [1.807, 2.05) is 12.1 Å². The van der Waals surface area contributed by atoms with E-state index in [4.69, 9.17) is 4.74 Å². The van der Waals surface area contributed by atoms with Crippen molar-refractivity contribution in [2.24, 2.45) is 11.8 Å². The molecule has 2 atom stereocenters. The number of alkyl halides is 1. The van der Waals surface area contributed by atoms with Crippen molar-refractivity contribution in [3.8, 4) is 5.75 Å². The van der Waals surface area contributed by atoms with Crippen LogP contribution in [0.4, 0.5) is 0 Å². The molecular weight excluding hydrogens is 264 g/mol.